The maximum atomic E-state index is 13.1. The number of rotatable bonds is 4. The summed E-state index contributed by atoms with van der Waals surface area (Å²) in [4.78, 5) is 24.3. The molecule has 1 aliphatic heterocycles. The van der Waals surface area contributed by atoms with Gasteiger partial charge in [-0.05, 0) is 82.6 Å². The van der Waals surface area contributed by atoms with Gasteiger partial charge in [0.05, 0.1) is 17.6 Å². The average Bonchev–Trinajstić information content (AvgIpc) is 3.40. The zero-order valence-corrected chi connectivity index (χ0v) is 19.2. The second-order valence-corrected chi connectivity index (χ2v) is 9.98. The van der Waals surface area contributed by atoms with Crippen LogP contribution >= 0.6 is 0 Å². The molecule has 0 spiro atoms. The van der Waals surface area contributed by atoms with Gasteiger partial charge in [-0.1, -0.05) is 19.9 Å². The molecule has 7 nitrogen and oxygen atoms in total. The third-order valence-electron chi connectivity index (χ3n) is 6.30. The van der Waals surface area contributed by atoms with Crippen molar-refractivity contribution < 1.29 is 21.2 Å². The van der Waals surface area contributed by atoms with Gasteiger partial charge in [-0.2, -0.15) is 5.26 Å². The Balaban J connectivity index is 1.91. The predicted molar refractivity (Wildman–Crippen MR) is 134 cm³/mol. The van der Waals surface area contributed by atoms with Crippen LogP contribution in [0.15, 0.2) is 24.4 Å². The molecule has 3 heterocycles. The maximum absolute atomic E-state index is 13.1. The van der Waals surface area contributed by atoms with E-state index in [0.29, 0.717) is 12.8 Å². The molecule has 4 rings (SSSR count). The lowest BCUT2D eigenvalue weighted by Crippen LogP contribution is -2.57. The van der Waals surface area contributed by atoms with E-state index >= 15 is 0 Å². The van der Waals surface area contributed by atoms with Crippen LogP contribution in [0.1, 0.15) is 123 Å². The van der Waals surface area contributed by atoms with E-state index in [1.165, 1.54) is 18.3 Å². The maximum Gasteiger partial charge on any atom is 0.291 e. The first-order valence-electron chi connectivity index (χ1n) is 17.1. The molecule has 7 heteroatoms. The van der Waals surface area contributed by atoms with Gasteiger partial charge in [0.25, 0.3) is 5.91 Å². The van der Waals surface area contributed by atoms with Crippen molar-refractivity contribution in [1.29, 1.82) is 5.26 Å². The highest BCUT2D eigenvalue weighted by Gasteiger charge is 2.39. The van der Waals surface area contributed by atoms with Crippen LogP contribution in [0.2, 0.25) is 0 Å². The number of pyridine rings is 1. The number of aromatic nitrogens is 3. The summed E-state index contributed by atoms with van der Waals surface area (Å²) in [5.74, 6) is -2.05. The van der Waals surface area contributed by atoms with Crippen molar-refractivity contribution in [3.05, 3.63) is 47.3 Å². The van der Waals surface area contributed by atoms with Gasteiger partial charge in [0, 0.05) is 39.1 Å². The van der Waals surface area contributed by atoms with Gasteiger partial charge in [-0.15, -0.1) is 0 Å². The number of hydrogen-bond donors (Lipinski definition) is 3. The van der Waals surface area contributed by atoms with E-state index in [2.05, 4.69) is 34.4 Å². The minimum Gasteiger partial charge on any atom is -0.326 e. The van der Waals surface area contributed by atoms with Gasteiger partial charge < -0.3 is 15.6 Å². The lowest BCUT2D eigenvalue weighted by molar-refractivity contribution is 0.101. The zero-order chi connectivity index (χ0) is 34.7. The molecule has 2 aromatic heterocycles. The Morgan fingerprint density at radius 3 is 2.56 bits per heavy atom. The van der Waals surface area contributed by atoms with Crippen LogP contribution < -0.4 is 10.6 Å². The normalized spacial score (nSPS) is 28.1. The number of imidazole rings is 1. The molecule has 1 aliphatic carbocycles. The lowest BCUT2D eigenvalue weighted by atomic mass is 9.74. The Kier molecular flexibility index (Phi) is 3.36. The number of amides is 1. The molecule has 0 unspecified atom stereocenters. The van der Waals surface area contributed by atoms with Crippen LogP contribution in [0.3, 0.4) is 0 Å². The molecule has 180 valence electrons. The molecular formula is C27H36N6O. The number of carbonyl (C=O) groups excluding carboxylic acids is 1. The van der Waals surface area contributed by atoms with E-state index < -0.39 is 63.2 Å². The van der Waals surface area contributed by atoms with E-state index in [1.54, 1.807) is 0 Å². The number of nitriles is 1. The standard InChI is InChI=1S/C27H36N6O/c1-25(2)11-9-17(10-12-25)22-21(32-24(34)23-29-16-19(15-28)30-23)8-7-20(31-22)18-13-26(3,4)33-27(5,6)14-18/h7-9,16,18,33H,10-14H2,1-6H3,(H,29,30)(H,32,34)/i3D3,4D3,5D3,6D3. The van der Waals surface area contributed by atoms with Gasteiger partial charge in [-0.3, -0.25) is 9.78 Å². The molecule has 0 radical (unpaired) electrons. The van der Waals surface area contributed by atoms with Crippen LogP contribution in [0.4, 0.5) is 5.69 Å². The second kappa shape index (κ2) is 8.66. The summed E-state index contributed by atoms with van der Waals surface area (Å²) in [6.07, 6.45) is 3.80. The summed E-state index contributed by atoms with van der Waals surface area (Å²) in [6.45, 7) is -9.21. The average molecular weight is 473 g/mol. The van der Waals surface area contributed by atoms with E-state index in [9.17, 15) is 4.79 Å². The number of piperidine rings is 1. The van der Waals surface area contributed by atoms with Crippen molar-refractivity contribution in [2.24, 2.45) is 5.41 Å². The molecule has 0 bridgehead atoms. The Morgan fingerprint density at radius 2 is 1.97 bits per heavy atom. The number of anilines is 1. The van der Waals surface area contributed by atoms with Gasteiger partial charge in [0.1, 0.15) is 11.8 Å². The minimum atomic E-state index is -3.35. The number of hydrogen-bond acceptors (Lipinski definition) is 5. The minimum absolute atomic E-state index is 0.0144. The van der Waals surface area contributed by atoms with Gasteiger partial charge >= 0.3 is 0 Å². The smallest absolute Gasteiger partial charge is 0.291 e. The number of carbonyl (C=O) groups is 1. The molecular weight excluding hydrogens is 424 g/mol. The molecule has 1 saturated heterocycles. The summed E-state index contributed by atoms with van der Waals surface area (Å²) in [7, 11) is 0. The predicted octanol–water partition coefficient (Wildman–Crippen LogP) is 5.55. The quantitative estimate of drug-likeness (QED) is 0.541. The first-order valence-corrected chi connectivity index (χ1v) is 11.1. The van der Waals surface area contributed by atoms with Crippen molar-refractivity contribution in [3.8, 4) is 6.07 Å². The number of aromatic amines is 1. The first kappa shape index (κ1) is 13.2. The highest BCUT2D eigenvalue weighted by Crippen LogP contribution is 2.42. The van der Waals surface area contributed by atoms with Crippen LogP contribution in [0.25, 0.3) is 5.57 Å². The van der Waals surface area contributed by atoms with Crippen LogP contribution in [-0.2, 0) is 0 Å². The number of nitrogens with one attached hydrogen (secondary N) is 3. The lowest BCUT2D eigenvalue weighted by Gasteiger charge is -2.46. The van der Waals surface area contributed by atoms with Crippen molar-refractivity contribution in [3.63, 3.8) is 0 Å². The molecule has 0 atom stereocenters. The highest BCUT2D eigenvalue weighted by atomic mass is 16.2. The third kappa shape index (κ3) is 5.39. The Labute approximate surface area is 219 Å². The summed E-state index contributed by atoms with van der Waals surface area (Å²) in [5.41, 5.74) is -4.42. The molecule has 2 aromatic rings. The van der Waals surface area contributed by atoms with Crippen LogP contribution in [0.5, 0.6) is 0 Å². The van der Waals surface area contributed by atoms with E-state index in [1.807, 2.05) is 12.1 Å². The summed E-state index contributed by atoms with van der Waals surface area (Å²) in [5, 5.41) is 14.0. The first-order chi connectivity index (χ1) is 20.9. The molecule has 34 heavy (non-hydrogen) atoms. The molecule has 3 N–H and O–H groups in total. The fourth-order valence-electron chi connectivity index (χ4n) is 4.50. The Bertz CT molecular complexity index is 1490. The number of nitrogens with zero attached hydrogens (tertiary/aromatic N) is 3. The largest absolute Gasteiger partial charge is 0.326 e. The topological polar surface area (TPSA) is 106 Å². The van der Waals surface area contributed by atoms with Crippen molar-refractivity contribution in [2.45, 2.75) is 90.4 Å². The van der Waals surface area contributed by atoms with E-state index in [0.717, 1.165) is 12.0 Å². The molecule has 1 fully saturated rings. The van der Waals surface area contributed by atoms with Gasteiger partial charge in [0.15, 0.2) is 5.82 Å². The second-order valence-electron chi connectivity index (χ2n) is 9.98. The fourth-order valence-corrected chi connectivity index (χ4v) is 4.50. The summed E-state index contributed by atoms with van der Waals surface area (Å²) in [6, 6.07) is 4.73. The fraction of sp³-hybridized carbons (Fsp3) is 0.556. The van der Waals surface area contributed by atoms with Crippen molar-refractivity contribution in [1.82, 2.24) is 20.3 Å². The Morgan fingerprint density at radius 1 is 1.24 bits per heavy atom. The zero-order valence-electron chi connectivity index (χ0n) is 31.2. The van der Waals surface area contributed by atoms with Crippen molar-refractivity contribution in [2.75, 3.05) is 5.32 Å². The van der Waals surface area contributed by atoms with E-state index in [-0.39, 0.29) is 34.0 Å². The third-order valence-corrected chi connectivity index (χ3v) is 6.30. The monoisotopic (exact) mass is 472 g/mol. The number of allylic oxidation sites excluding steroid dienone is 2. The molecule has 1 amide bonds. The SMILES string of the molecule is [2H]C([2H])([2H])C1(C([2H])([2H])[2H])CC(c2ccc(NC(=O)c3ncc(C#N)[nH]3)c(C3=CCC(C)(C)CC3)n2)CC(C([2H])([2H])[2H])(C([2H])([2H])[2H])N1. The van der Waals surface area contributed by atoms with Gasteiger partial charge in [0.2, 0.25) is 0 Å². The van der Waals surface area contributed by atoms with Crippen LogP contribution in [-0.4, -0.2) is 31.9 Å². The molecule has 0 aromatic carbocycles. The number of H-pyrrole nitrogens is 1. The Hall–Kier alpha value is -2.98. The molecule has 2 aliphatic rings. The summed E-state index contributed by atoms with van der Waals surface area (Å²) >= 11 is 0. The highest BCUT2D eigenvalue weighted by molar-refractivity contribution is 6.03. The van der Waals surface area contributed by atoms with E-state index in [4.69, 9.17) is 26.7 Å². The molecule has 0 saturated carbocycles. The van der Waals surface area contributed by atoms with Gasteiger partial charge in [-0.25, -0.2) is 4.98 Å². The van der Waals surface area contributed by atoms with Crippen LogP contribution in [0, 0.1) is 16.7 Å². The van der Waals surface area contributed by atoms with Crippen molar-refractivity contribution >= 4 is 17.2 Å². The summed E-state index contributed by atoms with van der Waals surface area (Å²) < 4.78 is 99.0.